The van der Waals surface area contributed by atoms with Crippen molar-refractivity contribution < 1.29 is 14.4 Å². The summed E-state index contributed by atoms with van der Waals surface area (Å²) < 4.78 is 1.28. The topological polar surface area (TPSA) is 113 Å². The maximum atomic E-state index is 12.1. The van der Waals surface area contributed by atoms with E-state index in [-0.39, 0.29) is 11.7 Å². The Hall–Kier alpha value is -1.33. The Morgan fingerprint density at radius 2 is 1.85 bits per heavy atom. The van der Waals surface area contributed by atoms with E-state index in [1.807, 2.05) is 27.7 Å². The van der Waals surface area contributed by atoms with E-state index in [1.165, 1.54) is 34.9 Å². The molecule has 1 aromatic heterocycles. The second-order valence-electron chi connectivity index (χ2n) is 6.43. The van der Waals surface area contributed by atoms with E-state index in [1.54, 1.807) is 6.92 Å². The largest absolute Gasteiger partial charge is 0.355 e. The molecule has 146 valence electrons. The van der Waals surface area contributed by atoms with E-state index in [4.69, 9.17) is 0 Å². The summed E-state index contributed by atoms with van der Waals surface area (Å²) in [5.41, 5.74) is -0.421. The van der Waals surface area contributed by atoms with Gasteiger partial charge in [0.05, 0.1) is 11.0 Å². The van der Waals surface area contributed by atoms with Gasteiger partial charge >= 0.3 is 6.03 Å². The van der Waals surface area contributed by atoms with Crippen LogP contribution in [0, 0.1) is 0 Å². The molecule has 3 N–H and O–H groups in total. The van der Waals surface area contributed by atoms with Crippen LogP contribution >= 0.6 is 34.9 Å². The predicted octanol–water partition coefficient (Wildman–Crippen LogP) is 2.26. The Labute approximate surface area is 166 Å². The minimum absolute atomic E-state index is 0.0427. The Balaban J connectivity index is 2.44. The van der Waals surface area contributed by atoms with Crippen LogP contribution in [0.2, 0.25) is 0 Å². The molecular formula is C15H25N5O3S3. The fourth-order valence-electron chi connectivity index (χ4n) is 1.54. The highest BCUT2D eigenvalue weighted by Gasteiger charge is 2.21. The van der Waals surface area contributed by atoms with Gasteiger partial charge in [-0.3, -0.25) is 14.9 Å². The number of imide groups is 1. The Morgan fingerprint density at radius 1 is 1.19 bits per heavy atom. The second kappa shape index (κ2) is 10.7. The highest BCUT2D eigenvalue weighted by Crippen LogP contribution is 2.31. The van der Waals surface area contributed by atoms with Crippen molar-refractivity contribution in [2.45, 2.75) is 60.5 Å². The van der Waals surface area contributed by atoms with Crippen molar-refractivity contribution in [3.63, 3.8) is 0 Å². The number of thioether (sulfide) groups is 2. The van der Waals surface area contributed by atoms with Crippen LogP contribution in [-0.4, -0.2) is 51.1 Å². The lowest BCUT2D eigenvalue weighted by Crippen LogP contribution is -2.49. The number of rotatable bonds is 8. The van der Waals surface area contributed by atoms with Gasteiger partial charge in [-0.15, -0.1) is 10.2 Å². The summed E-state index contributed by atoms with van der Waals surface area (Å²) in [6.45, 7) is 9.84. The smallest absolute Gasteiger partial charge is 0.321 e. The zero-order chi connectivity index (χ0) is 19.7. The molecule has 0 aliphatic carbocycles. The third-order valence-electron chi connectivity index (χ3n) is 2.66. The van der Waals surface area contributed by atoms with E-state index in [0.717, 1.165) is 6.42 Å². The molecule has 1 rings (SSSR count). The van der Waals surface area contributed by atoms with Crippen molar-refractivity contribution in [1.82, 2.24) is 26.1 Å². The molecule has 26 heavy (non-hydrogen) atoms. The van der Waals surface area contributed by atoms with Crippen molar-refractivity contribution >= 4 is 52.7 Å². The molecule has 0 aromatic carbocycles. The summed E-state index contributed by atoms with van der Waals surface area (Å²) in [6.07, 6.45) is 0.893. The first-order valence-corrected chi connectivity index (χ1v) is 10.8. The van der Waals surface area contributed by atoms with Crippen molar-refractivity contribution in [2.75, 3.05) is 12.3 Å². The first-order valence-electron chi connectivity index (χ1n) is 8.13. The standard InChI is InChI=1S/C15H25N5O3S3/c1-6-7-16-10(21)8-24-13-19-20-14(26-13)25-9(2)11(22)17-12(23)18-15(3,4)5/h9H,6-8H2,1-5H3,(H,16,21)(H2,17,18,22,23). The van der Waals surface area contributed by atoms with Gasteiger partial charge in [0.15, 0.2) is 8.68 Å². The van der Waals surface area contributed by atoms with E-state index in [2.05, 4.69) is 26.1 Å². The number of carbonyl (C=O) groups excluding carboxylic acids is 3. The predicted molar refractivity (Wildman–Crippen MR) is 106 cm³/mol. The van der Waals surface area contributed by atoms with Crippen LogP contribution in [0.15, 0.2) is 8.68 Å². The maximum absolute atomic E-state index is 12.1. The third kappa shape index (κ3) is 9.39. The van der Waals surface area contributed by atoms with Gasteiger partial charge in [-0.2, -0.15) is 0 Å². The first-order chi connectivity index (χ1) is 12.1. The monoisotopic (exact) mass is 419 g/mol. The van der Waals surface area contributed by atoms with Crippen LogP contribution in [0.5, 0.6) is 0 Å². The molecule has 0 saturated carbocycles. The number of carbonyl (C=O) groups is 3. The fourth-order valence-corrected chi connectivity index (χ4v) is 4.53. The van der Waals surface area contributed by atoms with Gasteiger partial charge in [0.25, 0.3) is 0 Å². The van der Waals surface area contributed by atoms with Gasteiger partial charge in [0.1, 0.15) is 0 Å². The molecule has 0 fully saturated rings. The zero-order valence-corrected chi connectivity index (χ0v) is 18.0. The number of nitrogens with one attached hydrogen (secondary N) is 3. The highest BCUT2D eigenvalue weighted by atomic mass is 32.2. The average molecular weight is 420 g/mol. The van der Waals surface area contributed by atoms with Crippen molar-refractivity contribution in [3.8, 4) is 0 Å². The van der Waals surface area contributed by atoms with Gasteiger partial charge in [-0.05, 0) is 34.1 Å². The number of hydrogen-bond acceptors (Lipinski definition) is 8. The average Bonchev–Trinajstić information content (AvgIpc) is 2.96. The number of nitrogens with zero attached hydrogens (tertiary/aromatic N) is 2. The summed E-state index contributed by atoms with van der Waals surface area (Å²) in [7, 11) is 0. The van der Waals surface area contributed by atoms with E-state index in [9.17, 15) is 14.4 Å². The Morgan fingerprint density at radius 3 is 2.46 bits per heavy atom. The van der Waals surface area contributed by atoms with Crippen LogP contribution in [0.3, 0.4) is 0 Å². The van der Waals surface area contributed by atoms with Crippen LogP contribution < -0.4 is 16.0 Å². The molecule has 0 saturated heterocycles. The minimum Gasteiger partial charge on any atom is -0.355 e. The Kier molecular flexibility index (Phi) is 9.37. The second-order valence-corrected chi connectivity index (χ2v) is 10.2. The molecule has 4 amide bonds. The molecular weight excluding hydrogens is 394 g/mol. The third-order valence-corrected chi connectivity index (χ3v) is 5.90. The number of hydrogen-bond donors (Lipinski definition) is 3. The van der Waals surface area contributed by atoms with E-state index < -0.39 is 22.7 Å². The summed E-state index contributed by atoms with van der Waals surface area (Å²) in [6, 6.07) is -0.526. The van der Waals surface area contributed by atoms with Crippen molar-refractivity contribution in [3.05, 3.63) is 0 Å². The molecule has 1 aromatic rings. The molecule has 8 nitrogen and oxygen atoms in total. The van der Waals surface area contributed by atoms with Gasteiger partial charge in [-0.25, -0.2) is 4.79 Å². The minimum atomic E-state index is -0.526. The lowest BCUT2D eigenvalue weighted by Gasteiger charge is -2.20. The zero-order valence-electron chi connectivity index (χ0n) is 15.5. The summed E-state index contributed by atoms with van der Waals surface area (Å²) in [5, 5.41) is 15.3. The van der Waals surface area contributed by atoms with Crippen molar-refractivity contribution in [1.29, 1.82) is 0 Å². The molecule has 1 heterocycles. The SMILES string of the molecule is CCCNC(=O)CSc1nnc(SC(C)C(=O)NC(=O)NC(C)(C)C)s1. The lowest BCUT2D eigenvalue weighted by molar-refractivity contribution is -0.119. The Bertz CT molecular complexity index is 630. The van der Waals surface area contributed by atoms with Crippen LogP contribution in [-0.2, 0) is 9.59 Å². The van der Waals surface area contributed by atoms with Gasteiger partial charge in [0.2, 0.25) is 11.8 Å². The van der Waals surface area contributed by atoms with Crippen LogP contribution in [0.1, 0.15) is 41.0 Å². The summed E-state index contributed by atoms with van der Waals surface area (Å²) in [4.78, 5) is 35.4. The molecule has 0 spiro atoms. The normalized spacial score (nSPS) is 12.3. The molecule has 0 radical (unpaired) electrons. The number of urea groups is 1. The van der Waals surface area contributed by atoms with E-state index >= 15 is 0 Å². The molecule has 1 unspecified atom stereocenters. The summed E-state index contributed by atoms with van der Waals surface area (Å²) >= 11 is 3.84. The molecule has 0 bridgehead atoms. The van der Waals surface area contributed by atoms with E-state index in [0.29, 0.717) is 15.2 Å². The highest BCUT2D eigenvalue weighted by molar-refractivity contribution is 8.04. The van der Waals surface area contributed by atoms with Gasteiger partial charge in [-0.1, -0.05) is 41.8 Å². The van der Waals surface area contributed by atoms with Gasteiger partial charge in [0, 0.05) is 12.1 Å². The first kappa shape index (κ1) is 22.7. The van der Waals surface area contributed by atoms with Gasteiger partial charge < -0.3 is 10.6 Å². The molecule has 0 aliphatic heterocycles. The van der Waals surface area contributed by atoms with Crippen LogP contribution in [0.25, 0.3) is 0 Å². The van der Waals surface area contributed by atoms with Crippen molar-refractivity contribution in [2.24, 2.45) is 0 Å². The fraction of sp³-hybridized carbons (Fsp3) is 0.667. The number of aromatic nitrogens is 2. The summed E-state index contributed by atoms with van der Waals surface area (Å²) in [5.74, 6) is -0.165. The number of amides is 4. The quantitative estimate of drug-likeness (QED) is 0.554. The molecule has 0 aliphatic rings. The molecule has 1 atom stereocenters. The maximum Gasteiger partial charge on any atom is 0.321 e. The lowest BCUT2D eigenvalue weighted by atomic mass is 10.1. The molecule has 11 heteroatoms. The van der Waals surface area contributed by atoms with Crippen LogP contribution in [0.4, 0.5) is 4.79 Å².